The van der Waals surface area contributed by atoms with Crippen LogP contribution in [-0.4, -0.2) is 53.4 Å². The van der Waals surface area contributed by atoms with E-state index in [9.17, 15) is 14.7 Å². The Kier molecular flexibility index (Phi) is 5.82. The average molecular weight is 270 g/mol. The zero-order chi connectivity index (χ0) is 14.3. The lowest BCUT2D eigenvalue weighted by Gasteiger charge is -2.27. The van der Waals surface area contributed by atoms with Gasteiger partial charge in [0.15, 0.2) is 0 Å². The number of urea groups is 1. The molecule has 0 bridgehead atoms. The first-order valence-corrected chi connectivity index (χ1v) is 6.53. The Hall–Kier alpha value is -1.56. The molecule has 0 atom stereocenters. The maximum atomic E-state index is 11.9. The zero-order valence-corrected chi connectivity index (χ0v) is 11.1. The summed E-state index contributed by atoms with van der Waals surface area (Å²) in [4.78, 5) is 24.6. The fourth-order valence-electron chi connectivity index (χ4n) is 2.43. The Morgan fingerprint density at radius 1 is 1.37 bits per heavy atom. The van der Waals surface area contributed by atoms with Gasteiger partial charge in [0.1, 0.15) is 0 Å². The number of hydrogen-bond donors (Lipinski definition) is 3. The SMILES string of the molecule is C=CCN(CCO)C(=O)NCC1(C(=O)O)CCCC1. The molecular formula is C13H22N2O4. The molecule has 1 fully saturated rings. The number of carbonyl (C=O) groups is 2. The molecule has 3 N–H and O–H groups in total. The van der Waals surface area contributed by atoms with Gasteiger partial charge in [-0.1, -0.05) is 18.9 Å². The summed E-state index contributed by atoms with van der Waals surface area (Å²) >= 11 is 0. The third-order valence-electron chi connectivity index (χ3n) is 3.60. The normalized spacial score (nSPS) is 16.9. The van der Waals surface area contributed by atoms with Crippen LogP contribution in [0.15, 0.2) is 12.7 Å². The number of carbonyl (C=O) groups excluding carboxylic acids is 1. The van der Waals surface area contributed by atoms with E-state index < -0.39 is 11.4 Å². The smallest absolute Gasteiger partial charge is 0.317 e. The van der Waals surface area contributed by atoms with E-state index in [1.807, 2.05) is 0 Å². The van der Waals surface area contributed by atoms with Crippen LogP contribution in [0, 0.1) is 5.41 Å². The number of nitrogens with zero attached hydrogens (tertiary/aromatic N) is 1. The van der Waals surface area contributed by atoms with Crippen LogP contribution in [0.1, 0.15) is 25.7 Å². The summed E-state index contributed by atoms with van der Waals surface area (Å²) in [5.74, 6) is -0.845. The van der Waals surface area contributed by atoms with Gasteiger partial charge in [0.25, 0.3) is 0 Å². The van der Waals surface area contributed by atoms with Crippen LogP contribution in [0.3, 0.4) is 0 Å². The Balaban J connectivity index is 2.55. The van der Waals surface area contributed by atoms with Crippen molar-refractivity contribution in [1.82, 2.24) is 10.2 Å². The number of nitrogens with one attached hydrogen (secondary N) is 1. The Bertz CT molecular complexity index is 338. The molecule has 0 saturated heterocycles. The summed E-state index contributed by atoms with van der Waals surface area (Å²) in [6.45, 7) is 4.08. The summed E-state index contributed by atoms with van der Waals surface area (Å²) < 4.78 is 0. The van der Waals surface area contributed by atoms with Crippen LogP contribution in [-0.2, 0) is 4.79 Å². The highest BCUT2D eigenvalue weighted by Gasteiger charge is 2.41. The van der Waals surface area contributed by atoms with Crippen LogP contribution in [0.25, 0.3) is 0 Å². The van der Waals surface area contributed by atoms with E-state index in [4.69, 9.17) is 5.11 Å². The number of carboxylic acids is 1. The lowest BCUT2D eigenvalue weighted by atomic mass is 9.86. The first-order chi connectivity index (χ1) is 9.05. The van der Waals surface area contributed by atoms with Crippen molar-refractivity contribution in [2.24, 2.45) is 5.41 Å². The molecule has 6 nitrogen and oxygen atoms in total. The van der Waals surface area contributed by atoms with Crippen molar-refractivity contribution in [3.8, 4) is 0 Å². The molecule has 0 aromatic heterocycles. The number of aliphatic hydroxyl groups excluding tert-OH is 1. The van der Waals surface area contributed by atoms with Crippen LogP contribution in [0.5, 0.6) is 0 Å². The van der Waals surface area contributed by atoms with Gasteiger partial charge in [-0.3, -0.25) is 4.79 Å². The molecule has 19 heavy (non-hydrogen) atoms. The first-order valence-electron chi connectivity index (χ1n) is 6.53. The number of aliphatic carboxylic acids is 1. The second-order valence-electron chi connectivity index (χ2n) is 4.91. The van der Waals surface area contributed by atoms with Gasteiger partial charge >= 0.3 is 12.0 Å². The summed E-state index contributed by atoms with van der Waals surface area (Å²) in [5.41, 5.74) is -0.825. The average Bonchev–Trinajstić information content (AvgIpc) is 2.86. The molecule has 0 radical (unpaired) electrons. The number of rotatable bonds is 7. The van der Waals surface area contributed by atoms with Gasteiger partial charge in [0, 0.05) is 19.6 Å². The third-order valence-corrected chi connectivity index (χ3v) is 3.60. The molecular weight excluding hydrogens is 248 g/mol. The maximum Gasteiger partial charge on any atom is 0.317 e. The van der Waals surface area contributed by atoms with Crippen molar-refractivity contribution in [2.45, 2.75) is 25.7 Å². The fraction of sp³-hybridized carbons (Fsp3) is 0.692. The second-order valence-corrected chi connectivity index (χ2v) is 4.91. The van der Waals surface area contributed by atoms with Gasteiger partial charge in [-0.05, 0) is 12.8 Å². The van der Waals surface area contributed by atoms with E-state index in [-0.39, 0.29) is 25.7 Å². The molecule has 108 valence electrons. The lowest BCUT2D eigenvalue weighted by Crippen LogP contribution is -2.47. The van der Waals surface area contributed by atoms with Gasteiger partial charge in [-0.25, -0.2) is 4.79 Å². The Morgan fingerprint density at radius 3 is 2.47 bits per heavy atom. The number of hydrogen-bond acceptors (Lipinski definition) is 3. The van der Waals surface area contributed by atoms with Crippen molar-refractivity contribution in [2.75, 3.05) is 26.2 Å². The molecule has 1 saturated carbocycles. The molecule has 0 aliphatic heterocycles. The molecule has 2 amide bonds. The predicted molar refractivity (Wildman–Crippen MR) is 70.8 cm³/mol. The van der Waals surface area contributed by atoms with Gasteiger partial charge < -0.3 is 20.4 Å². The van der Waals surface area contributed by atoms with Crippen LogP contribution in [0.4, 0.5) is 4.79 Å². The highest BCUT2D eigenvalue weighted by atomic mass is 16.4. The van der Waals surface area contributed by atoms with Crippen molar-refractivity contribution >= 4 is 12.0 Å². The first kappa shape index (κ1) is 15.5. The molecule has 0 heterocycles. The fourth-order valence-corrected chi connectivity index (χ4v) is 2.43. The van der Waals surface area contributed by atoms with Crippen LogP contribution in [0.2, 0.25) is 0 Å². The molecule has 1 aliphatic rings. The third kappa shape index (κ3) is 3.96. The highest BCUT2D eigenvalue weighted by Crippen LogP contribution is 2.37. The molecule has 1 rings (SSSR count). The molecule has 1 aliphatic carbocycles. The van der Waals surface area contributed by atoms with Gasteiger partial charge in [-0.15, -0.1) is 6.58 Å². The minimum absolute atomic E-state index is 0.134. The summed E-state index contributed by atoms with van der Waals surface area (Å²) in [7, 11) is 0. The van der Waals surface area contributed by atoms with E-state index in [1.54, 1.807) is 6.08 Å². The molecule has 0 unspecified atom stereocenters. The summed E-state index contributed by atoms with van der Waals surface area (Å²) in [5, 5.41) is 20.8. The van der Waals surface area contributed by atoms with E-state index in [1.165, 1.54) is 4.90 Å². The number of aliphatic hydroxyl groups is 1. The zero-order valence-electron chi connectivity index (χ0n) is 11.1. The monoisotopic (exact) mass is 270 g/mol. The standard InChI is InChI=1S/C13H22N2O4/c1-2-7-15(8-9-16)12(19)14-10-13(11(17)18)5-3-4-6-13/h2,16H,1,3-10H2,(H,14,19)(H,17,18). The minimum Gasteiger partial charge on any atom is -0.481 e. The predicted octanol–water partition coefficient (Wildman–Crippen LogP) is 0.821. The molecule has 0 aromatic rings. The topological polar surface area (TPSA) is 89.9 Å². The van der Waals surface area contributed by atoms with Gasteiger partial charge in [0.2, 0.25) is 0 Å². The minimum atomic E-state index is -0.845. The summed E-state index contributed by atoms with van der Waals surface area (Å²) in [6, 6.07) is -0.360. The maximum absolute atomic E-state index is 11.9. The molecule has 0 spiro atoms. The number of carboxylic acid groups (broad SMARTS) is 1. The number of amides is 2. The lowest BCUT2D eigenvalue weighted by molar-refractivity contribution is -0.148. The van der Waals surface area contributed by atoms with Gasteiger partial charge in [-0.2, -0.15) is 0 Å². The Morgan fingerprint density at radius 2 is 2.00 bits per heavy atom. The van der Waals surface area contributed by atoms with Crippen molar-refractivity contribution in [3.05, 3.63) is 12.7 Å². The Labute approximate surface area is 113 Å². The molecule has 6 heteroatoms. The largest absolute Gasteiger partial charge is 0.481 e. The quantitative estimate of drug-likeness (QED) is 0.597. The van der Waals surface area contributed by atoms with E-state index in [0.717, 1.165) is 12.8 Å². The van der Waals surface area contributed by atoms with Crippen molar-refractivity contribution < 1.29 is 19.8 Å². The van der Waals surface area contributed by atoms with Gasteiger partial charge in [0.05, 0.1) is 12.0 Å². The highest BCUT2D eigenvalue weighted by molar-refractivity contribution is 5.78. The van der Waals surface area contributed by atoms with E-state index >= 15 is 0 Å². The van der Waals surface area contributed by atoms with Crippen molar-refractivity contribution in [3.63, 3.8) is 0 Å². The molecule has 0 aromatic carbocycles. The van der Waals surface area contributed by atoms with Crippen LogP contribution < -0.4 is 5.32 Å². The second kappa shape index (κ2) is 7.13. The summed E-state index contributed by atoms with van der Waals surface area (Å²) in [6.07, 6.45) is 4.54. The van der Waals surface area contributed by atoms with E-state index in [0.29, 0.717) is 19.4 Å². The van der Waals surface area contributed by atoms with Crippen molar-refractivity contribution in [1.29, 1.82) is 0 Å². The van der Waals surface area contributed by atoms with E-state index in [2.05, 4.69) is 11.9 Å². The van der Waals surface area contributed by atoms with Crippen LogP contribution >= 0.6 is 0 Å².